The highest BCUT2D eigenvalue weighted by atomic mass is 16.5. The number of aryl methyl sites for hydroxylation is 2. The van der Waals surface area contributed by atoms with Gasteiger partial charge in [0.15, 0.2) is 0 Å². The van der Waals surface area contributed by atoms with E-state index in [4.69, 9.17) is 4.74 Å². The fourth-order valence-corrected chi connectivity index (χ4v) is 4.31. The largest absolute Gasteiger partial charge is 0.485 e. The summed E-state index contributed by atoms with van der Waals surface area (Å²) in [5.41, 5.74) is 5.51. The zero-order chi connectivity index (χ0) is 14.4. The third kappa shape index (κ3) is 1.98. The molecular weight excluding hydrogens is 256 g/mol. The van der Waals surface area contributed by atoms with Gasteiger partial charge in [-0.3, -0.25) is 0 Å². The van der Waals surface area contributed by atoms with Crippen LogP contribution in [0.25, 0.3) is 0 Å². The number of fused-ring (bicyclic) bond motifs is 3. The molecule has 0 aromatic heterocycles. The maximum atomic E-state index is 6.54. The number of benzene rings is 2. The first-order chi connectivity index (χ1) is 10.3. The molecule has 0 saturated heterocycles. The van der Waals surface area contributed by atoms with Crippen molar-refractivity contribution in [3.63, 3.8) is 0 Å². The summed E-state index contributed by atoms with van der Waals surface area (Å²) in [4.78, 5) is 0. The van der Waals surface area contributed by atoms with Crippen molar-refractivity contribution >= 4 is 0 Å². The fourth-order valence-electron chi connectivity index (χ4n) is 4.31. The Morgan fingerprint density at radius 2 is 1.67 bits per heavy atom. The van der Waals surface area contributed by atoms with Gasteiger partial charge in [0.25, 0.3) is 0 Å². The molecule has 0 unspecified atom stereocenters. The van der Waals surface area contributed by atoms with Crippen molar-refractivity contribution in [3.05, 3.63) is 64.7 Å². The Labute approximate surface area is 127 Å². The Balaban J connectivity index is 1.85. The zero-order valence-electron chi connectivity index (χ0n) is 12.8. The fraction of sp³-hybridized carbons (Fsp3) is 0.400. The zero-order valence-corrected chi connectivity index (χ0v) is 12.8. The lowest BCUT2D eigenvalue weighted by Crippen LogP contribution is -2.27. The van der Waals surface area contributed by atoms with E-state index in [1.807, 2.05) is 0 Å². The average molecular weight is 278 g/mol. The molecule has 1 saturated carbocycles. The molecule has 21 heavy (non-hydrogen) atoms. The molecule has 2 aromatic carbocycles. The Hall–Kier alpha value is -1.76. The first kappa shape index (κ1) is 12.9. The Morgan fingerprint density at radius 1 is 0.905 bits per heavy atom. The highest BCUT2D eigenvalue weighted by Gasteiger charge is 2.42. The molecule has 2 aromatic rings. The van der Waals surface area contributed by atoms with Crippen molar-refractivity contribution in [2.75, 3.05) is 0 Å². The molecule has 1 aliphatic heterocycles. The molecule has 0 N–H and O–H groups in total. The van der Waals surface area contributed by atoms with Gasteiger partial charge in [0.1, 0.15) is 11.9 Å². The monoisotopic (exact) mass is 278 g/mol. The molecule has 4 rings (SSSR count). The number of rotatable bonds is 1. The summed E-state index contributed by atoms with van der Waals surface area (Å²) in [6, 6.07) is 15.2. The SMILES string of the molecule is Cc1ccc(C)c2c1O[C@@H](c1ccccc1)[C@@H]1CCC[C@H]21. The molecule has 0 spiro atoms. The number of hydrogen-bond donors (Lipinski definition) is 0. The molecule has 3 atom stereocenters. The molecule has 1 aliphatic carbocycles. The van der Waals surface area contributed by atoms with Crippen molar-refractivity contribution in [2.24, 2.45) is 5.92 Å². The first-order valence-corrected chi connectivity index (χ1v) is 8.07. The van der Waals surface area contributed by atoms with E-state index in [-0.39, 0.29) is 6.10 Å². The average Bonchev–Trinajstić information content (AvgIpc) is 3.00. The highest BCUT2D eigenvalue weighted by Crippen LogP contribution is 2.55. The first-order valence-electron chi connectivity index (χ1n) is 8.07. The van der Waals surface area contributed by atoms with Crippen molar-refractivity contribution < 1.29 is 4.74 Å². The maximum Gasteiger partial charge on any atom is 0.127 e. The molecule has 1 nitrogen and oxygen atoms in total. The van der Waals surface area contributed by atoms with E-state index in [9.17, 15) is 0 Å². The van der Waals surface area contributed by atoms with Crippen molar-refractivity contribution in [3.8, 4) is 5.75 Å². The second-order valence-electron chi connectivity index (χ2n) is 6.59. The summed E-state index contributed by atoms with van der Waals surface area (Å²) in [7, 11) is 0. The highest BCUT2D eigenvalue weighted by molar-refractivity contribution is 5.50. The van der Waals surface area contributed by atoms with Gasteiger partial charge in [-0.2, -0.15) is 0 Å². The summed E-state index contributed by atoms with van der Waals surface area (Å²) in [5.74, 6) is 2.48. The van der Waals surface area contributed by atoms with Gasteiger partial charge >= 0.3 is 0 Å². The van der Waals surface area contributed by atoms with Crippen LogP contribution in [0, 0.1) is 19.8 Å². The molecule has 0 bridgehead atoms. The normalized spacial score (nSPS) is 26.9. The van der Waals surface area contributed by atoms with Crippen LogP contribution in [0.15, 0.2) is 42.5 Å². The quantitative estimate of drug-likeness (QED) is 0.686. The van der Waals surface area contributed by atoms with Crippen LogP contribution in [0.4, 0.5) is 0 Å². The third-order valence-corrected chi connectivity index (χ3v) is 5.31. The summed E-state index contributed by atoms with van der Waals surface area (Å²) < 4.78 is 6.54. The maximum absolute atomic E-state index is 6.54. The predicted molar refractivity (Wildman–Crippen MR) is 85.8 cm³/mol. The van der Waals surface area contributed by atoms with Crippen LogP contribution in [0.1, 0.15) is 53.5 Å². The van der Waals surface area contributed by atoms with E-state index in [1.54, 1.807) is 0 Å². The van der Waals surface area contributed by atoms with E-state index in [1.165, 1.54) is 41.5 Å². The Bertz CT molecular complexity index is 659. The van der Waals surface area contributed by atoms with Crippen molar-refractivity contribution in [1.29, 1.82) is 0 Å². The number of ether oxygens (including phenoxy) is 1. The van der Waals surface area contributed by atoms with Gasteiger partial charge in [0.05, 0.1) is 0 Å². The van der Waals surface area contributed by atoms with Gasteiger partial charge in [-0.1, -0.05) is 48.9 Å². The van der Waals surface area contributed by atoms with Crippen LogP contribution in [-0.2, 0) is 0 Å². The number of hydrogen-bond acceptors (Lipinski definition) is 1. The van der Waals surface area contributed by atoms with Gasteiger partial charge in [-0.25, -0.2) is 0 Å². The van der Waals surface area contributed by atoms with Crippen molar-refractivity contribution in [1.82, 2.24) is 0 Å². The minimum atomic E-state index is 0.228. The van der Waals surface area contributed by atoms with Crippen LogP contribution in [0.3, 0.4) is 0 Å². The van der Waals surface area contributed by atoms with E-state index < -0.39 is 0 Å². The van der Waals surface area contributed by atoms with E-state index in [2.05, 4.69) is 56.3 Å². The molecule has 108 valence electrons. The molecule has 0 radical (unpaired) electrons. The van der Waals surface area contributed by atoms with Crippen LogP contribution >= 0.6 is 0 Å². The van der Waals surface area contributed by atoms with Crippen LogP contribution < -0.4 is 4.74 Å². The van der Waals surface area contributed by atoms with E-state index >= 15 is 0 Å². The topological polar surface area (TPSA) is 9.23 Å². The van der Waals surface area contributed by atoms with E-state index in [0.717, 1.165) is 5.75 Å². The minimum Gasteiger partial charge on any atom is -0.485 e. The van der Waals surface area contributed by atoms with E-state index in [0.29, 0.717) is 11.8 Å². The second kappa shape index (κ2) is 4.91. The Morgan fingerprint density at radius 3 is 2.48 bits per heavy atom. The molecule has 2 aliphatic rings. The summed E-state index contributed by atoms with van der Waals surface area (Å²) in [6.07, 6.45) is 4.16. The minimum absolute atomic E-state index is 0.228. The van der Waals surface area contributed by atoms with Gasteiger partial charge in [0.2, 0.25) is 0 Å². The summed E-state index contributed by atoms with van der Waals surface area (Å²) in [6.45, 7) is 4.41. The van der Waals surface area contributed by atoms with Gasteiger partial charge in [-0.15, -0.1) is 0 Å². The van der Waals surface area contributed by atoms with Gasteiger partial charge in [-0.05, 0) is 49.3 Å². The smallest absolute Gasteiger partial charge is 0.127 e. The lowest BCUT2D eigenvalue weighted by Gasteiger charge is -2.38. The summed E-state index contributed by atoms with van der Waals surface area (Å²) in [5, 5.41) is 0. The third-order valence-electron chi connectivity index (χ3n) is 5.31. The standard InChI is InChI=1S/C20H22O/c1-13-11-12-14(2)19-18(13)16-9-6-10-17(16)20(21-19)15-7-4-3-5-8-15/h3-5,7-8,11-12,16-17,20H,6,9-10H2,1-2H3/t16-,17+,20-/m0/s1. The van der Waals surface area contributed by atoms with Crippen LogP contribution in [0.2, 0.25) is 0 Å². The summed E-state index contributed by atoms with van der Waals surface area (Å²) >= 11 is 0. The molecule has 0 amide bonds. The van der Waals surface area contributed by atoms with Crippen LogP contribution in [0.5, 0.6) is 5.75 Å². The lowest BCUT2D eigenvalue weighted by molar-refractivity contribution is 0.103. The Kier molecular flexibility index (Phi) is 3.02. The van der Waals surface area contributed by atoms with Crippen LogP contribution in [-0.4, -0.2) is 0 Å². The lowest BCUT2D eigenvalue weighted by atomic mass is 9.78. The molecule has 1 fully saturated rings. The molecule has 1 heteroatoms. The molecular formula is C20H22O. The predicted octanol–water partition coefficient (Wildman–Crippen LogP) is 5.32. The van der Waals surface area contributed by atoms with Gasteiger partial charge in [0, 0.05) is 11.5 Å². The van der Waals surface area contributed by atoms with Crippen molar-refractivity contribution in [2.45, 2.75) is 45.1 Å². The second-order valence-corrected chi connectivity index (χ2v) is 6.59. The van der Waals surface area contributed by atoms with Gasteiger partial charge < -0.3 is 4.74 Å². The molecule has 1 heterocycles.